The molecular formula is C15H29N3O2. The summed E-state index contributed by atoms with van der Waals surface area (Å²) in [6, 6.07) is 0.299. The number of piperidine rings is 1. The molecule has 5 heteroatoms. The van der Waals surface area contributed by atoms with Crippen molar-refractivity contribution in [2.75, 3.05) is 39.4 Å². The minimum Gasteiger partial charge on any atom is -0.378 e. The first-order chi connectivity index (χ1) is 9.67. The highest BCUT2D eigenvalue weighted by molar-refractivity contribution is 5.81. The Labute approximate surface area is 122 Å². The normalized spacial score (nSPS) is 30.2. The molecule has 0 spiro atoms. The first-order valence-electron chi connectivity index (χ1n) is 7.99. The Morgan fingerprint density at radius 2 is 2.05 bits per heavy atom. The molecule has 0 aliphatic carbocycles. The quantitative estimate of drug-likeness (QED) is 0.824. The van der Waals surface area contributed by atoms with Crippen molar-refractivity contribution < 1.29 is 9.53 Å². The van der Waals surface area contributed by atoms with Crippen LogP contribution in [0.2, 0.25) is 0 Å². The number of ether oxygens (including phenoxy) is 1. The van der Waals surface area contributed by atoms with Crippen molar-refractivity contribution in [3.8, 4) is 0 Å². The van der Waals surface area contributed by atoms with E-state index in [0.717, 1.165) is 32.0 Å². The minimum absolute atomic E-state index is 0.0561. The van der Waals surface area contributed by atoms with Crippen molar-refractivity contribution in [1.29, 1.82) is 0 Å². The van der Waals surface area contributed by atoms with E-state index in [1.807, 2.05) is 11.8 Å². The van der Waals surface area contributed by atoms with Crippen LogP contribution in [-0.4, -0.2) is 67.2 Å². The molecule has 2 aliphatic heterocycles. The Bertz CT molecular complexity index is 318. The van der Waals surface area contributed by atoms with E-state index < -0.39 is 0 Å². The van der Waals surface area contributed by atoms with Crippen LogP contribution in [0.1, 0.15) is 33.1 Å². The van der Waals surface area contributed by atoms with Crippen LogP contribution in [0.4, 0.5) is 0 Å². The van der Waals surface area contributed by atoms with E-state index in [0.29, 0.717) is 25.8 Å². The Hall–Kier alpha value is -0.650. The number of hydrogen-bond donors (Lipinski definition) is 1. The fourth-order valence-corrected chi connectivity index (χ4v) is 3.45. The first-order valence-corrected chi connectivity index (χ1v) is 7.99. The van der Waals surface area contributed by atoms with Gasteiger partial charge < -0.3 is 15.4 Å². The van der Waals surface area contributed by atoms with Crippen molar-refractivity contribution in [3.63, 3.8) is 0 Å². The Morgan fingerprint density at radius 1 is 1.35 bits per heavy atom. The Balaban J connectivity index is 1.96. The van der Waals surface area contributed by atoms with Gasteiger partial charge in [-0.2, -0.15) is 0 Å². The predicted octanol–water partition coefficient (Wildman–Crippen LogP) is 0.683. The molecule has 0 aromatic heterocycles. The van der Waals surface area contributed by atoms with Gasteiger partial charge in [0.15, 0.2) is 0 Å². The van der Waals surface area contributed by atoms with Crippen molar-refractivity contribution in [3.05, 3.63) is 0 Å². The van der Waals surface area contributed by atoms with Gasteiger partial charge in [-0.05, 0) is 32.2 Å². The van der Waals surface area contributed by atoms with Gasteiger partial charge >= 0.3 is 0 Å². The number of nitrogens with two attached hydrogens (primary N) is 1. The number of carbonyl (C=O) groups excluding carboxylic acids is 1. The average Bonchev–Trinajstić information content (AvgIpc) is 2.53. The number of morpholine rings is 1. The van der Waals surface area contributed by atoms with Gasteiger partial charge in [0.05, 0.1) is 19.3 Å². The molecule has 3 unspecified atom stereocenters. The van der Waals surface area contributed by atoms with Crippen molar-refractivity contribution >= 4 is 5.91 Å². The summed E-state index contributed by atoms with van der Waals surface area (Å²) in [5.41, 5.74) is 5.94. The number of carbonyl (C=O) groups is 1. The average molecular weight is 283 g/mol. The molecule has 1 amide bonds. The number of hydrogen-bond acceptors (Lipinski definition) is 4. The zero-order chi connectivity index (χ0) is 14.5. The van der Waals surface area contributed by atoms with Gasteiger partial charge in [0.1, 0.15) is 0 Å². The topological polar surface area (TPSA) is 58.8 Å². The fourth-order valence-electron chi connectivity index (χ4n) is 3.45. The summed E-state index contributed by atoms with van der Waals surface area (Å²) in [5, 5.41) is 0. The van der Waals surface area contributed by atoms with E-state index >= 15 is 0 Å². The monoisotopic (exact) mass is 283 g/mol. The summed E-state index contributed by atoms with van der Waals surface area (Å²) < 4.78 is 5.32. The van der Waals surface area contributed by atoms with Crippen LogP contribution in [0.25, 0.3) is 0 Å². The lowest BCUT2D eigenvalue weighted by atomic mass is 9.88. The lowest BCUT2D eigenvalue weighted by Gasteiger charge is -2.43. The van der Waals surface area contributed by atoms with Gasteiger partial charge in [-0.3, -0.25) is 9.69 Å². The highest BCUT2D eigenvalue weighted by Gasteiger charge is 2.34. The lowest BCUT2D eigenvalue weighted by molar-refractivity contribution is -0.142. The molecular weight excluding hydrogens is 254 g/mol. The maximum absolute atomic E-state index is 12.6. The molecule has 0 aromatic carbocycles. The second kappa shape index (κ2) is 7.38. The van der Waals surface area contributed by atoms with Crippen LogP contribution in [0.3, 0.4) is 0 Å². The first kappa shape index (κ1) is 15.7. The molecule has 116 valence electrons. The van der Waals surface area contributed by atoms with Crippen LogP contribution in [0.5, 0.6) is 0 Å². The van der Waals surface area contributed by atoms with Gasteiger partial charge in [-0.25, -0.2) is 0 Å². The molecule has 0 radical (unpaired) electrons. The fraction of sp³-hybridized carbons (Fsp3) is 0.933. The van der Waals surface area contributed by atoms with Gasteiger partial charge in [0.25, 0.3) is 0 Å². The smallest absolute Gasteiger partial charge is 0.239 e. The lowest BCUT2D eigenvalue weighted by Crippen LogP contribution is -2.57. The zero-order valence-corrected chi connectivity index (χ0v) is 12.9. The van der Waals surface area contributed by atoms with E-state index in [1.165, 1.54) is 12.8 Å². The molecule has 5 nitrogen and oxygen atoms in total. The highest BCUT2D eigenvalue weighted by Crippen LogP contribution is 2.27. The summed E-state index contributed by atoms with van der Waals surface area (Å²) in [4.78, 5) is 16.9. The third kappa shape index (κ3) is 3.51. The summed E-state index contributed by atoms with van der Waals surface area (Å²) in [7, 11) is 0. The predicted molar refractivity (Wildman–Crippen MR) is 79.4 cm³/mol. The molecule has 2 N–H and O–H groups in total. The van der Waals surface area contributed by atoms with Crippen LogP contribution < -0.4 is 5.73 Å². The van der Waals surface area contributed by atoms with Crippen LogP contribution in [0, 0.1) is 5.92 Å². The molecule has 3 atom stereocenters. The number of amides is 1. The number of likely N-dealkylation sites (tertiary alicyclic amines) is 1. The molecule has 2 saturated heterocycles. The van der Waals surface area contributed by atoms with E-state index in [2.05, 4.69) is 11.8 Å². The molecule has 2 heterocycles. The molecule has 0 saturated carbocycles. The molecule has 0 aromatic rings. The minimum atomic E-state index is -0.0561. The summed E-state index contributed by atoms with van der Waals surface area (Å²) in [6.07, 6.45) is 3.54. The standard InChI is InChI=1S/C15H29N3O2/c1-3-13-4-5-18(14(10-13)11-16)12(2)15(19)17-6-8-20-9-7-17/h12-14H,3-11,16H2,1-2H3. The second-order valence-corrected chi connectivity index (χ2v) is 6.04. The molecule has 2 fully saturated rings. The molecule has 0 bridgehead atoms. The zero-order valence-electron chi connectivity index (χ0n) is 12.9. The maximum atomic E-state index is 12.6. The highest BCUT2D eigenvalue weighted by atomic mass is 16.5. The van der Waals surface area contributed by atoms with E-state index in [4.69, 9.17) is 10.5 Å². The third-order valence-corrected chi connectivity index (χ3v) is 4.90. The van der Waals surface area contributed by atoms with E-state index in [-0.39, 0.29) is 11.9 Å². The van der Waals surface area contributed by atoms with Crippen LogP contribution >= 0.6 is 0 Å². The third-order valence-electron chi connectivity index (χ3n) is 4.90. The molecule has 2 aliphatic rings. The van der Waals surface area contributed by atoms with Gasteiger partial charge in [0.2, 0.25) is 5.91 Å². The van der Waals surface area contributed by atoms with Crippen molar-refractivity contribution in [2.24, 2.45) is 11.7 Å². The molecule has 2 rings (SSSR count). The van der Waals surface area contributed by atoms with E-state index in [9.17, 15) is 4.79 Å². The van der Waals surface area contributed by atoms with Gasteiger partial charge in [-0.15, -0.1) is 0 Å². The van der Waals surface area contributed by atoms with Crippen LogP contribution in [0.15, 0.2) is 0 Å². The SMILES string of the molecule is CCC1CCN(C(C)C(=O)N2CCOCC2)C(CN)C1. The van der Waals surface area contributed by atoms with E-state index in [1.54, 1.807) is 0 Å². The Kier molecular flexibility index (Phi) is 5.81. The van der Waals surface area contributed by atoms with Crippen molar-refractivity contribution in [1.82, 2.24) is 9.80 Å². The summed E-state index contributed by atoms with van der Waals surface area (Å²) in [5.74, 6) is 1.01. The number of nitrogens with zero attached hydrogens (tertiary/aromatic N) is 2. The molecule has 20 heavy (non-hydrogen) atoms. The van der Waals surface area contributed by atoms with Crippen molar-refractivity contribution in [2.45, 2.75) is 45.2 Å². The summed E-state index contributed by atoms with van der Waals surface area (Å²) in [6.45, 7) is 8.70. The Morgan fingerprint density at radius 3 is 2.65 bits per heavy atom. The van der Waals surface area contributed by atoms with Crippen LogP contribution in [-0.2, 0) is 9.53 Å². The second-order valence-electron chi connectivity index (χ2n) is 6.04. The number of rotatable bonds is 4. The van der Waals surface area contributed by atoms with Gasteiger partial charge in [0, 0.05) is 25.7 Å². The summed E-state index contributed by atoms with van der Waals surface area (Å²) >= 11 is 0. The van der Waals surface area contributed by atoms with Gasteiger partial charge in [-0.1, -0.05) is 13.3 Å². The largest absolute Gasteiger partial charge is 0.378 e. The maximum Gasteiger partial charge on any atom is 0.239 e.